The number of hydrogen-bond donors (Lipinski definition) is 1. The molecule has 0 unspecified atom stereocenters. The summed E-state index contributed by atoms with van der Waals surface area (Å²) in [6.45, 7) is 4.48. The number of amides is 1. The van der Waals surface area contributed by atoms with Gasteiger partial charge >= 0.3 is 0 Å². The molecule has 1 heterocycles. The van der Waals surface area contributed by atoms with E-state index >= 15 is 0 Å². The molecule has 0 saturated carbocycles. The van der Waals surface area contributed by atoms with E-state index in [1.165, 1.54) is 0 Å². The molecule has 18 heavy (non-hydrogen) atoms. The Morgan fingerprint density at radius 1 is 1.50 bits per heavy atom. The zero-order chi connectivity index (χ0) is 14.0. The number of ether oxygens (including phenoxy) is 1. The van der Waals surface area contributed by atoms with E-state index in [1.807, 2.05) is 0 Å². The van der Waals surface area contributed by atoms with Crippen LogP contribution >= 0.6 is 0 Å². The van der Waals surface area contributed by atoms with E-state index in [-0.39, 0.29) is 26.0 Å². The number of carbonyl (C=O) groups is 1. The van der Waals surface area contributed by atoms with Crippen LogP contribution in [0.1, 0.15) is 33.6 Å². The molecular weight excluding hydrogens is 244 g/mol. The Hall–Kier alpha value is -0.750. The van der Waals surface area contributed by atoms with Crippen LogP contribution in [0.15, 0.2) is 0 Å². The number of hydrogen-bond acceptors (Lipinski definition) is 3. The number of alkyl halides is 2. The zero-order valence-electron chi connectivity index (χ0n) is 11.1. The molecule has 0 spiro atoms. The lowest BCUT2D eigenvalue weighted by Crippen LogP contribution is -2.55. The van der Waals surface area contributed by atoms with Crippen LogP contribution in [0.2, 0.25) is 0 Å². The minimum atomic E-state index is -3.04. The molecular formula is C12H21F2NO3. The number of nitrogens with zero attached hydrogens (tertiary/aromatic N) is 1. The van der Waals surface area contributed by atoms with Crippen molar-refractivity contribution in [2.24, 2.45) is 0 Å². The van der Waals surface area contributed by atoms with Crippen molar-refractivity contribution < 1.29 is 23.4 Å². The van der Waals surface area contributed by atoms with Crippen LogP contribution in [0, 0.1) is 0 Å². The molecule has 1 N–H and O–H groups in total. The number of rotatable bonds is 3. The largest absolute Gasteiger partial charge is 0.396 e. The zero-order valence-corrected chi connectivity index (χ0v) is 11.1. The molecule has 6 heteroatoms. The molecule has 0 aromatic heterocycles. The predicted octanol–water partition coefficient (Wildman–Crippen LogP) is 1.42. The molecule has 0 aliphatic carbocycles. The molecule has 1 fully saturated rings. The van der Waals surface area contributed by atoms with Gasteiger partial charge in [-0.05, 0) is 27.2 Å². The maximum absolute atomic E-state index is 13.9. The van der Waals surface area contributed by atoms with Crippen LogP contribution in [-0.4, -0.2) is 53.2 Å². The highest BCUT2D eigenvalue weighted by Gasteiger charge is 2.47. The van der Waals surface area contributed by atoms with Crippen molar-refractivity contribution in [1.82, 2.24) is 4.90 Å². The van der Waals surface area contributed by atoms with Crippen LogP contribution in [0.3, 0.4) is 0 Å². The fraction of sp³-hybridized carbons (Fsp3) is 0.917. The third-order valence-electron chi connectivity index (χ3n) is 2.71. The summed E-state index contributed by atoms with van der Waals surface area (Å²) in [6, 6.07) is 0. The van der Waals surface area contributed by atoms with Gasteiger partial charge in [0.25, 0.3) is 5.92 Å². The van der Waals surface area contributed by atoms with E-state index < -0.39 is 30.1 Å². The van der Waals surface area contributed by atoms with Crippen molar-refractivity contribution in [2.45, 2.75) is 51.2 Å². The van der Waals surface area contributed by atoms with Gasteiger partial charge in [-0.3, -0.25) is 4.79 Å². The minimum absolute atomic E-state index is 0.110. The van der Waals surface area contributed by atoms with E-state index in [2.05, 4.69) is 0 Å². The first kappa shape index (κ1) is 15.3. The molecule has 1 atom stereocenters. The van der Waals surface area contributed by atoms with Crippen molar-refractivity contribution >= 4 is 5.91 Å². The van der Waals surface area contributed by atoms with Gasteiger partial charge in [0.05, 0.1) is 18.8 Å². The third-order valence-corrected chi connectivity index (χ3v) is 2.71. The van der Waals surface area contributed by atoms with Gasteiger partial charge < -0.3 is 14.7 Å². The first-order chi connectivity index (χ1) is 8.15. The standard InChI is InChI=1S/C12H21F2NO3/c1-11(2,3)18-9-4-6-15(8-12(9,13)14)10(17)5-7-16/h9,16H,4-8H2,1-3H3/t9-/m0/s1. The summed E-state index contributed by atoms with van der Waals surface area (Å²) in [5.41, 5.74) is -0.634. The lowest BCUT2D eigenvalue weighted by atomic mass is 10.0. The third kappa shape index (κ3) is 4.17. The number of aliphatic hydroxyl groups is 1. The predicted molar refractivity (Wildman–Crippen MR) is 62.5 cm³/mol. The Kier molecular flexibility index (Phi) is 4.66. The first-order valence-electron chi connectivity index (χ1n) is 6.10. The minimum Gasteiger partial charge on any atom is -0.396 e. The highest BCUT2D eigenvalue weighted by atomic mass is 19.3. The normalized spacial score (nSPS) is 24.1. The van der Waals surface area contributed by atoms with Crippen molar-refractivity contribution in [3.63, 3.8) is 0 Å². The second-order valence-electron chi connectivity index (χ2n) is 5.56. The Bertz CT molecular complexity index is 302. The molecule has 1 aliphatic rings. The maximum Gasteiger partial charge on any atom is 0.290 e. The molecule has 0 aromatic carbocycles. The van der Waals surface area contributed by atoms with E-state index in [1.54, 1.807) is 20.8 Å². The van der Waals surface area contributed by atoms with Gasteiger partial charge in [0.15, 0.2) is 0 Å². The molecule has 0 bridgehead atoms. The molecule has 4 nitrogen and oxygen atoms in total. The van der Waals surface area contributed by atoms with Crippen molar-refractivity contribution in [1.29, 1.82) is 0 Å². The molecule has 106 valence electrons. The monoisotopic (exact) mass is 265 g/mol. The fourth-order valence-corrected chi connectivity index (χ4v) is 1.96. The number of carbonyl (C=O) groups excluding carboxylic acids is 1. The van der Waals surface area contributed by atoms with Gasteiger partial charge in [-0.25, -0.2) is 8.78 Å². The van der Waals surface area contributed by atoms with Crippen molar-refractivity contribution in [3.05, 3.63) is 0 Å². The topological polar surface area (TPSA) is 49.8 Å². The van der Waals surface area contributed by atoms with Crippen LogP contribution in [-0.2, 0) is 9.53 Å². The summed E-state index contributed by atoms with van der Waals surface area (Å²) in [5.74, 6) is -3.48. The maximum atomic E-state index is 13.9. The summed E-state index contributed by atoms with van der Waals surface area (Å²) < 4.78 is 33.1. The number of aliphatic hydroxyl groups excluding tert-OH is 1. The number of halogens is 2. The highest BCUT2D eigenvalue weighted by Crippen LogP contribution is 2.32. The van der Waals surface area contributed by atoms with Gasteiger partial charge in [0.2, 0.25) is 5.91 Å². The van der Waals surface area contributed by atoms with Crippen LogP contribution in [0.4, 0.5) is 8.78 Å². The Morgan fingerprint density at radius 3 is 2.56 bits per heavy atom. The lowest BCUT2D eigenvalue weighted by molar-refractivity contribution is -0.208. The lowest BCUT2D eigenvalue weighted by Gasteiger charge is -2.40. The van der Waals surface area contributed by atoms with E-state index in [0.717, 1.165) is 4.90 Å². The summed E-state index contributed by atoms with van der Waals surface area (Å²) in [4.78, 5) is 12.6. The van der Waals surface area contributed by atoms with Crippen molar-refractivity contribution in [3.8, 4) is 0 Å². The summed E-state index contributed by atoms with van der Waals surface area (Å²) in [5, 5.41) is 8.64. The quantitative estimate of drug-likeness (QED) is 0.839. The second kappa shape index (κ2) is 5.48. The number of likely N-dealkylation sites (tertiary alicyclic amines) is 1. The van der Waals surface area contributed by atoms with Crippen LogP contribution in [0.5, 0.6) is 0 Å². The van der Waals surface area contributed by atoms with Gasteiger partial charge in [0.1, 0.15) is 6.10 Å². The SMILES string of the molecule is CC(C)(C)O[C@H]1CCN(C(=O)CCO)CC1(F)F. The van der Waals surface area contributed by atoms with Gasteiger partial charge in [-0.2, -0.15) is 0 Å². The van der Waals surface area contributed by atoms with Crippen molar-refractivity contribution in [2.75, 3.05) is 19.7 Å². The molecule has 1 aliphatic heterocycles. The highest BCUT2D eigenvalue weighted by molar-refractivity contribution is 5.76. The van der Waals surface area contributed by atoms with Gasteiger partial charge in [0, 0.05) is 13.0 Å². The fourth-order valence-electron chi connectivity index (χ4n) is 1.96. The Morgan fingerprint density at radius 2 is 2.11 bits per heavy atom. The number of piperidine rings is 1. The van der Waals surface area contributed by atoms with Crippen LogP contribution in [0.25, 0.3) is 0 Å². The molecule has 0 radical (unpaired) electrons. The second-order valence-corrected chi connectivity index (χ2v) is 5.56. The first-order valence-corrected chi connectivity index (χ1v) is 6.10. The molecule has 0 aromatic rings. The molecule has 1 amide bonds. The smallest absolute Gasteiger partial charge is 0.290 e. The van der Waals surface area contributed by atoms with E-state index in [4.69, 9.17) is 9.84 Å². The average molecular weight is 265 g/mol. The molecule has 1 rings (SSSR count). The van der Waals surface area contributed by atoms with Crippen LogP contribution < -0.4 is 0 Å². The van der Waals surface area contributed by atoms with E-state index in [0.29, 0.717) is 0 Å². The Labute approximate surface area is 106 Å². The molecule has 1 saturated heterocycles. The average Bonchev–Trinajstić information content (AvgIpc) is 2.19. The summed E-state index contributed by atoms with van der Waals surface area (Å²) >= 11 is 0. The summed E-state index contributed by atoms with van der Waals surface area (Å²) in [7, 11) is 0. The Balaban J connectivity index is 2.63. The van der Waals surface area contributed by atoms with E-state index in [9.17, 15) is 13.6 Å². The van der Waals surface area contributed by atoms with Gasteiger partial charge in [-0.15, -0.1) is 0 Å². The van der Waals surface area contributed by atoms with Gasteiger partial charge in [-0.1, -0.05) is 0 Å². The summed E-state index contributed by atoms with van der Waals surface area (Å²) in [6.07, 6.45) is -1.15.